The van der Waals surface area contributed by atoms with Gasteiger partial charge in [-0.15, -0.1) is 0 Å². The minimum Gasteiger partial charge on any atom is -0.495 e. The molecule has 2 rings (SSSR count). The van der Waals surface area contributed by atoms with Crippen LogP contribution < -0.4 is 10.5 Å². The van der Waals surface area contributed by atoms with Gasteiger partial charge in [0.15, 0.2) is 5.82 Å². The van der Waals surface area contributed by atoms with E-state index in [0.29, 0.717) is 29.6 Å². The average Bonchev–Trinajstić information content (AvgIpc) is 2.80. The van der Waals surface area contributed by atoms with Crippen LogP contribution in [0.3, 0.4) is 0 Å². The number of nitrogens with zero attached hydrogens (tertiary/aromatic N) is 2. The highest BCUT2D eigenvalue weighted by atomic mass is 35.5. The molecule has 0 aliphatic heterocycles. The molecule has 0 radical (unpaired) electrons. The Labute approximate surface area is 110 Å². The summed E-state index contributed by atoms with van der Waals surface area (Å²) in [4.78, 5) is 4.38. The summed E-state index contributed by atoms with van der Waals surface area (Å²) in [5.41, 5.74) is 7.37. The maximum atomic E-state index is 6.11. The first-order valence-electron chi connectivity index (χ1n) is 5.61. The van der Waals surface area contributed by atoms with Crippen LogP contribution in [0.25, 0.3) is 11.4 Å². The molecule has 6 heteroatoms. The number of H-pyrrole nitrogens is 1. The van der Waals surface area contributed by atoms with Crippen molar-refractivity contribution >= 4 is 11.6 Å². The van der Waals surface area contributed by atoms with Gasteiger partial charge in [0, 0.05) is 12.0 Å². The van der Waals surface area contributed by atoms with E-state index in [2.05, 4.69) is 15.2 Å². The molecule has 1 aromatic carbocycles. The van der Waals surface area contributed by atoms with Gasteiger partial charge >= 0.3 is 0 Å². The average molecular weight is 267 g/mol. The van der Waals surface area contributed by atoms with Crippen LogP contribution in [0.2, 0.25) is 5.02 Å². The number of hydrogen-bond donors (Lipinski definition) is 2. The minimum atomic E-state index is 0.539. The number of aryl methyl sites for hydroxylation is 1. The van der Waals surface area contributed by atoms with Crippen molar-refractivity contribution in [2.24, 2.45) is 5.73 Å². The van der Waals surface area contributed by atoms with E-state index in [0.717, 1.165) is 17.0 Å². The van der Waals surface area contributed by atoms with Crippen molar-refractivity contribution in [1.29, 1.82) is 0 Å². The molecule has 0 amide bonds. The summed E-state index contributed by atoms with van der Waals surface area (Å²) in [6.45, 7) is 2.50. The van der Waals surface area contributed by atoms with Gasteiger partial charge in [0.2, 0.25) is 0 Å². The Morgan fingerprint density at radius 3 is 2.89 bits per heavy atom. The first-order valence-corrected chi connectivity index (χ1v) is 5.99. The van der Waals surface area contributed by atoms with Crippen molar-refractivity contribution in [1.82, 2.24) is 15.2 Å². The van der Waals surface area contributed by atoms with Gasteiger partial charge in [0.1, 0.15) is 11.6 Å². The van der Waals surface area contributed by atoms with Crippen LogP contribution in [-0.2, 0) is 6.42 Å². The van der Waals surface area contributed by atoms with Crippen LogP contribution in [0.15, 0.2) is 12.1 Å². The molecular weight excluding hydrogens is 252 g/mol. The molecule has 2 aromatic rings. The largest absolute Gasteiger partial charge is 0.495 e. The van der Waals surface area contributed by atoms with Crippen molar-refractivity contribution in [2.45, 2.75) is 13.3 Å². The van der Waals surface area contributed by atoms with E-state index in [4.69, 9.17) is 22.1 Å². The highest BCUT2D eigenvalue weighted by molar-refractivity contribution is 6.32. The summed E-state index contributed by atoms with van der Waals surface area (Å²) in [5, 5.41) is 7.58. The van der Waals surface area contributed by atoms with Crippen LogP contribution >= 0.6 is 11.6 Å². The molecule has 0 aliphatic carbocycles. The van der Waals surface area contributed by atoms with E-state index in [-0.39, 0.29) is 0 Å². The Bertz CT molecular complexity index is 553. The third kappa shape index (κ3) is 2.47. The molecule has 0 bridgehead atoms. The summed E-state index contributed by atoms with van der Waals surface area (Å²) < 4.78 is 5.16. The zero-order valence-corrected chi connectivity index (χ0v) is 11.1. The number of nitrogens with two attached hydrogens (primary N) is 1. The highest BCUT2D eigenvalue weighted by Gasteiger charge is 2.12. The smallest absolute Gasteiger partial charge is 0.181 e. The van der Waals surface area contributed by atoms with Gasteiger partial charge in [-0.1, -0.05) is 11.6 Å². The summed E-state index contributed by atoms with van der Waals surface area (Å²) in [6.07, 6.45) is 0.677. The van der Waals surface area contributed by atoms with Crippen molar-refractivity contribution < 1.29 is 4.74 Å². The van der Waals surface area contributed by atoms with Crippen LogP contribution in [0.1, 0.15) is 11.4 Å². The predicted octanol–water partition coefficient (Wildman–Crippen LogP) is 1.94. The monoisotopic (exact) mass is 266 g/mol. The van der Waals surface area contributed by atoms with Gasteiger partial charge in [-0.05, 0) is 31.2 Å². The summed E-state index contributed by atoms with van der Waals surface area (Å²) in [6, 6.07) is 3.68. The number of nitrogens with one attached hydrogen (secondary N) is 1. The Balaban J connectivity index is 2.40. The summed E-state index contributed by atoms with van der Waals surface area (Å²) in [7, 11) is 1.59. The van der Waals surface area contributed by atoms with Gasteiger partial charge in [0.05, 0.1) is 12.1 Å². The zero-order valence-electron chi connectivity index (χ0n) is 10.3. The number of hydrogen-bond acceptors (Lipinski definition) is 4. The lowest BCUT2D eigenvalue weighted by Crippen LogP contribution is -2.03. The zero-order chi connectivity index (χ0) is 13.1. The van der Waals surface area contributed by atoms with Crippen LogP contribution in [0.4, 0.5) is 0 Å². The molecule has 96 valence electrons. The number of methoxy groups -OCH3 is 1. The number of rotatable bonds is 4. The second kappa shape index (κ2) is 5.37. The Kier molecular flexibility index (Phi) is 3.84. The maximum absolute atomic E-state index is 6.11. The quantitative estimate of drug-likeness (QED) is 0.887. The van der Waals surface area contributed by atoms with Gasteiger partial charge in [-0.2, -0.15) is 5.10 Å². The number of halogens is 1. The molecule has 0 spiro atoms. The molecule has 0 saturated heterocycles. The molecule has 0 fully saturated rings. The molecule has 5 nitrogen and oxygen atoms in total. The number of aromatic amines is 1. The minimum absolute atomic E-state index is 0.539. The van der Waals surface area contributed by atoms with Crippen molar-refractivity contribution in [3.8, 4) is 17.1 Å². The number of aromatic nitrogens is 3. The van der Waals surface area contributed by atoms with E-state index in [1.807, 2.05) is 19.1 Å². The second-order valence-electron chi connectivity index (χ2n) is 3.95. The fraction of sp³-hybridized carbons (Fsp3) is 0.333. The predicted molar refractivity (Wildman–Crippen MR) is 70.9 cm³/mol. The third-order valence-electron chi connectivity index (χ3n) is 2.65. The Hall–Kier alpha value is -1.59. The lowest BCUT2D eigenvalue weighted by Gasteiger charge is -2.07. The molecule has 0 saturated carbocycles. The lowest BCUT2D eigenvalue weighted by atomic mass is 10.1. The molecule has 1 aromatic heterocycles. The normalized spacial score (nSPS) is 10.7. The van der Waals surface area contributed by atoms with E-state index in [1.54, 1.807) is 7.11 Å². The summed E-state index contributed by atoms with van der Waals surface area (Å²) in [5.74, 6) is 2.05. The van der Waals surface area contributed by atoms with E-state index >= 15 is 0 Å². The first kappa shape index (κ1) is 12.9. The number of ether oxygens (including phenoxy) is 1. The molecule has 0 unspecified atom stereocenters. The topological polar surface area (TPSA) is 76.8 Å². The fourth-order valence-electron chi connectivity index (χ4n) is 1.72. The van der Waals surface area contributed by atoms with Crippen molar-refractivity contribution in [2.75, 3.05) is 13.7 Å². The van der Waals surface area contributed by atoms with Crippen molar-refractivity contribution in [3.05, 3.63) is 28.5 Å². The maximum Gasteiger partial charge on any atom is 0.181 e. The highest BCUT2D eigenvalue weighted by Crippen LogP contribution is 2.31. The molecule has 0 atom stereocenters. The standard InChI is InChI=1S/C12H15ClN4O/c1-7-5-10(18-2)9(13)6-8(7)12-15-11(3-4-14)16-17-12/h5-6H,3-4,14H2,1-2H3,(H,15,16,17). The van der Waals surface area contributed by atoms with Crippen LogP contribution in [0.5, 0.6) is 5.75 Å². The fourth-order valence-corrected chi connectivity index (χ4v) is 1.96. The third-order valence-corrected chi connectivity index (χ3v) is 2.95. The molecular formula is C12H15ClN4O. The number of benzene rings is 1. The van der Waals surface area contributed by atoms with Crippen LogP contribution in [-0.4, -0.2) is 28.8 Å². The van der Waals surface area contributed by atoms with Crippen LogP contribution in [0, 0.1) is 6.92 Å². The SMILES string of the molecule is COc1cc(C)c(-c2n[nH]c(CCN)n2)cc1Cl. The molecule has 3 N–H and O–H groups in total. The first-order chi connectivity index (χ1) is 8.65. The van der Waals surface area contributed by atoms with E-state index in [9.17, 15) is 0 Å². The van der Waals surface area contributed by atoms with Gasteiger partial charge in [-0.25, -0.2) is 4.98 Å². The lowest BCUT2D eigenvalue weighted by molar-refractivity contribution is 0.415. The Morgan fingerprint density at radius 1 is 1.44 bits per heavy atom. The van der Waals surface area contributed by atoms with Gasteiger partial charge < -0.3 is 10.5 Å². The van der Waals surface area contributed by atoms with Crippen molar-refractivity contribution in [3.63, 3.8) is 0 Å². The Morgan fingerprint density at radius 2 is 2.22 bits per heavy atom. The molecule has 18 heavy (non-hydrogen) atoms. The van der Waals surface area contributed by atoms with Gasteiger partial charge in [0.25, 0.3) is 0 Å². The molecule has 0 aliphatic rings. The molecule has 1 heterocycles. The summed E-state index contributed by atoms with van der Waals surface area (Å²) >= 11 is 6.11. The van der Waals surface area contributed by atoms with Gasteiger partial charge in [-0.3, -0.25) is 5.10 Å². The van der Waals surface area contributed by atoms with E-state index in [1.165, 1.54) is 0 Å². The second-order valence-corrected chi connectivity index (χ2v) is 4.35. The van der Waals surface area contributed by atoms with E-state index < -0.39 is 0 Å².